The molecule has 4 fully saturated rings. The van der Waals surface area contributed by atoms with Crippen LogP contribution in [-0.2, 0) is 41.6 Å². The molecule has 6 bridgehead atoms. The van der Waals surface area contributed by atoms with Gasteiger partial charge in [-0.05, 0) is 119 Å². The molecule has 2 spiro atoms. The lowest BCUT2D eigenvalue weighted by atomic mass is 9.84. The van der Waals surface area contributed by atoms with Crippen LogP contribution in [0.1, 0.15) is 83.7 Å². The summed E-state index contributed by atoms with van der Waals surface area (Å²) in [6, 6.07) is 10.7. The lowest BCUT2D eigenvalue weighted by molar-refractivity contribution is -0.155. The number of hydrazine groups is 1. The van der Waals surface area contributed by atoms with Gasteiger partial charge in [0.25, 0.3) is 5.91 Å². The van der Waals surface area contributed by atoms with Gasteiger partial charge in [-0.3, -0.25) is 39.0 Å². The van der Waals surface area contributed by atoms with Crippen LogP contribution in [0.2, 0.25) is 11.1 Å². The molecule has 17 nitrogen and oxygen atoms in total. The minimum atomic E-state index is -2.19. The highest BCUT2D eigenvalue weighted by Gasteiger charge is 2.64. The number of hydrogen-bond acceptors (Lipinski definition) is 11. The molecule has 0 saturated carbocycles. The Morgan fingerprint density at radius 3 is 2.65 bits per heavy atom. The maximum atomic E-state index is 15.2. The molecular formula is C53H72N10O7Si2. The summed E-state index contributed by atoms with van der Waals surface area (Å²) in [5.74, 6) is -1.07. The summed E-state index contributed by atoms with van der Waals surface area (Å²) in [4.78, 5) is 82.9. The highest BCUT2D eigenvalue weighted by atomic mass is 28.3. The molecule has 4 saturated heterocycles. The van der Waals surface area contributed by atoms with Crippen LogP contribution in [0.4, 0.5) is 4.79 Å². The van der Waals surface area contributed by atoms with E-state index < -0.39 is 42.3 Å². The Labute approximate surface area is 427 Å². The van der Waals surface area contributed by atoms with Crippen LogP contribution in [0.15, 0.2) is 66.5 Å². The van der Waals surface area contributed by atoms with Gasteiger partial charge in [0.15, 0.2) is 8.24 Å². The average molecular weight is 1020 g/mol. The molecule has 8 heterocycles. The second kappa shape index (κ2) is 20.1. The van der Waals surface area contributed by atoms with E-state index >= 15 is 4.79 Å². The third-order valence-corrected chi connectivity index (χ3v) is 22.6. The van der Waals surface area contributed by atoms with Crippen molar-refractivity contribution < 1.29 is 33.4 Å². The second-order valence-electron chi connectivity index (χ2n) is 21.8. The third-order valence-electron chi connectivity index (χ3n) is 15.9. The van der Waals surface area contributed by atoms with Crippen molar-refractivity contribution in [3.63, 3.8) is 0 Å². The Morgan fingerprint density at radius 2 is 1.92 bits per heavy atom. The highest BCUT2D eigenvalue weighted by Crippen LogP contribution is 2.49. The van der Waals surface area contributed by atoms with Crippen LogP contribution in [0.3, 0.4) is 0 Å². The van der Waals surface area contributed by atoms with Gasteiger partial charge in [-0.1, -0.05) is 32.6 Å². The third kappa shape index (κ3) is 9.51. The molecular weight excluding hydrogens is 945 g/mol. The summed E-state index contributed by atoms with van der Waals surface area (Å²) in [6.45, 7) is 19.9. The number of cyclic esters (lactones) is 1. The topological polar surface area (TPSA) is 165 Å². The van der Waals surface area contributed by atoms with Crippen molar-refractivity contribution in [2.45, 2.75) is 103 Å². The average Bonchev–Trinajstić information content (AvgIpc) is 3.59. The number of allylic oxidation sites excluding steroid dienone is 1. The van der Waals surface area contributed by atoms with Crippen molar-refractivity contribution in [1.29, 1.82) is 0 Å². The summed E-state index contributed by atoms with van der Waals surface area (Å²) < 4.78 is 16.7. The number of ether oxygens (including phenoxy) is 2. The molecule has 5 amide bonds. The molecule has 9 rings (SSSR count). The number of fused-ring (bicyclic) bond motifs is 6. The number of nitrogens with one attached hydrogen (secondary N) is 2. The molecule has 3 aromatic rings. The molecule has 6 aliphatic heterocycles. The van der Waals surface area contributed by atoms with E-state index in [0.717, 1.165) is 64.5 Å². The number of aromatic nitrogens is 2. The number of urea groups is 1. The number of rotatable bonds is 8. The van der Waals surface area contributed by atoms with Gasteiger partial charge in [0.2, 0.25) is 11.8 Å². The van der Waals surface area contributed by atoms with E-state index in [4.69, 9.17) is 14.5 Å². The monoisotopic (exact) mass is 1020 g/mol. The van der Waals surface area contributed by atoms with Crippen molar-refractivity contribution in [2.75, 3.05) is 79.5 Å². The van der Waals surface area contributed by atoms with Gasteiger partial charge in [-0.25, -0.2) is 10.2 Å². The first-order valence-electron chi connectivity index (χ1n) is 25.5. The number of benzene rings is 1. The molecule has 2 unspecified atom stereocenters. The quantitative estimate of drug-likeness (QED) is 0.176. The fourth-order valence-corrected chi connectivity index (χ4v) is 17.8. The Hall–Kier alpha value is -5.45. The minimum Gasteiger partial charge on any atom is -0.464 e. The van der Waals surface area contributed by atoms with Crippen LogP contribution >= 0.6 is 0 Å². The Balaban J connectivity index is 1.02. The summed E-state index contributed by atoms with van der Waals surface area (Å²) in [5, 5.41) is 5.01. The Bertz CT molecular complexity index is 2750. The van der Waals surface area contributed by atoms with Crippen LogP contribution in [0.5, 0.6) is 0 Å². The fraction of sp³-hybridized carbons (Fsp3) is 0.547. The van der Waals surface area contributed by atoms with Crippen LogP contribution in [0.25, 0.3) is 27.7 Å². The van der Waals surface area contributed by atoms with Gasteiger partial charge in [0.1, 0.15) is 11.7 Å². The first-order valence-corrected chi connectivity index (χ1v) is 29.2. The number of carbonyl (C=O) groups is 5. The number of nitrogens with zero attached hydrogens (tertiary/aromatic N) is 8. The number of carbonyl (C=O) groups excluding carboxylic acids is 5. The number of likely N-dealkylation sites (N-methyl/N-ethyl adjacent to an activating group) is 1. The van der Waals surface area contributed by atoms with E-state index in [9.17, 15) is 19.2 Å². The fourth-order valence-electron chi connectivity index (χ4n) is 11.9. The summed E-state index contributed by atoms with van der Waals surface area (Å²) in [7, 11) is 3.26. The SMILES string of the molecule is C=CC(=O)N1CN(C)[Si@@]2(CCN(C(=O)N(C)C(C(=O)NC3[Si][C@@]34CN3CCC=C(C3)c3ccc5c(c3)c(c(-c3cccnc3[C@H](C)OC)n5CC)CC(C)(C)COC(=O)[C@@H]3CCCN(N3)C4=O)=C(C)C)C2)C1. The molecule has 6 aliphatic rings. The van der Waals surface area contributed by atoms with Crippen LogP contribution < -0.4 is 10.7 Å². The van der Waals surface area contributed by atoms with E-state index in [0.29, 0.717) is 70.0 Å². The van der Waals surface area contributed by atoms with Gasteiger partial charge in [-0.15, -0.1) is 0 Å². The number of hydrogen-bond donors (Lipinski definition) is 2. The van der Waals surface area contributed by atoms with Gasteiger partial charge >= 0.3 is 12.0 Å². The molecule has 72 heavy (non-hydrogen) atoms. The largest absolute Gasteiger partial charge is 0.464 e. The first kappa shape index (κ1) is 51.5. The van der Waals surface area contributed by atoms with Crippen molar-refractivity contribution in [3.8, 4) is 11.3 Å². The molecule has 19 heteroatoms. The van der Waals surface area contributed by atoms with Gasteiger partial charge < -0.3 is 33.7 Å². The first-order chi connectivity index (χ1) is 34.3. The molecule has 0 aliphatic carbocycles. The lowest BCUT2D eigenvalue weighted by Crippen LogP contribution is -2.58. The van der Waals surface area contributed by atoms with E-state index in [-0.39, 0.29) is 45.8 Å². The van der Waals surface area contributed by atoms with Crippen LogP contribution in [0, 0.1) is 5.41 Å². The molecule has 2 aromatic heterocycles. The van der Waals surface area contributed by atoms with Gasteiger partial charge in [0.05, 0.1) is 45.3 Å². The number of esters is 1. The summed E-state index contributed by atoms with van der Waals surface area (Å²) >= 11 is 0. The zero-order valence-corrected chi connectivity index (χ0v) is 45.6. The van der Waals surface area contributed by atoms with Gasteiger partial charge in [-0.2, -0.15) is 0 Å². The minimum absolute atomic E-state index is 0.0625. The van der Waals surface area contributed by atoms with E-state index in [1.165, 1.54) is 16.5 Å². The zero-order valence-electron chi connectivity index (χ0n) is 43.6. The van der Waals surface area contributed by atoms with Crippen molar-refractivity contribution in [2.24, 2.45) is 5.41 Å². The number of methoxy groups -OCH3 is 1. The number of amides is 5. The molecule has 1 aromatic carbocycles. The summed E-state index contributed by atoms with van der Waals surface area (Å²) in [6.07, 6.45) is 8.95. The molecule has 384 valence electrons. The van der Waals surface area contributed by atoms with E-state index in [2.05, 4.69) is 82.5 Å². The Morgan fingerprint density at radius 1 is 1.14 bits per heavy atom. The molecule has 2 N–H and O–H groups in total. The number of aryl methyl sites for hydroxylation is 1. The van der Waals surface area contributed by atoms with Gasteiger partial charge in [0, 0.05) is 99.5 Å². The van der Waals surface area contributed by atoms with E-state index in [1.807, 2.05) is 45.0 Å². The predicted molar refractivity (Wildman–Crippen MR) is 280 cm³/mol. The predicted octanol–water partition coefficient (Wildman–Crippen LogP) is 5.06. The van der Waals surface area contributed by atoms with E-state index in [1.54, 1.807) is 24.1 Å². The van der Waals surface area contributed by atoms with Crippen molar-refractivity contribution in [1.82, 2.24) is 49.5 Å². The normalized spacial score (nSPS) is 26.8. The van der Waals surface area contributed by atoms with Crippen LogP contribution in [-0.4, -0.2) is 177 Å². The maximum Gasteiger partial charge on any atom is 0.324 e. The Kier molecular flexibility index (Phi) is 14.4. The lowest BCUT2D eigenvalue weighted by Gasteiger charge is -2.38. The molecule has 2 radical (unpaired) electrons. The standard InChI is InChI=1S/C53H72N10O7Si2/c1-11-43(64)61-31-57(8)72(33-61)25-24-60(32-72)51(68)58(9)45(34(3)4)47(65)55-49-53(71-49)29-59-22-14-16-37(28-59)36-19-20-42-39(26-36)40(46(62(42)12-2)38-17-13-21-54-44(38)35(5)69-10)27-52(6,7)30-70-48(66)41-18-15-23-63(56-41)50(53)67/h11,13,16-17,19-21,26,35,41,49,56H,1,12,14-15,18,22-25,27-33H2,2-10H3,(H,55,65)/t35-,41-,49?,53-,72+/m0/s1. The molecule has 6 atom stereocenters. The number of pyridine rings is 1. The highest BCUT2D eigenvalue weighted by molar-refractivity contribution is 6.79. The zero-order chi connectivity index (χ0) is 51.4. The van der Waals surface area contributed by atoms with Crippen molar-refractivity contribution >= 4 is 64.0 Å². The summed E-state index contributed by atoms with van der Waals surface area (Å²) in [5.41, 5.74) is 10.7. The maximum absolute atomic E-state index is 15.2. The second-order valence-corrected chi connectivity index (χ2v) is 27.9. The smallest absolute Gasteiger partial charge is 0.324 e. The van der Waals surface area contributed by atoms with Crippen molar-refractivity contribution in [3.05, 3.63) is 83.4 Å².